The van der Waals surface area contributed by atoms with Gasteiger partial charge in [0.05, 0.1) is 22.1 Å². The summed E-state index contributed by atoms with van der Waals surface area (Å²) in [6.07, 6.45) is 2.67. The Morgan fingerprint density at radius 3 is 2.65 bits per heavy atom. The van der Waals surface area contributed by atoms with E-state index in [9.17, 15) is 5.11 Å². The van der Waals surface area contributed by atoms with Crippen molar-refractivity contribution in [3.8, 4) is 17.1 Å². The first-order chi connectivity index (χ1) is 12.5. The zero-order valence-electron chi connectivity index (χ0n) is 14.6. The SMILES string of the molecule is CC[C@H](C)Nc1nc(Nc2ccc(O)cc2Cl)cc(-c2ccccn2)n1. The van der Waals surface area contributed by atoms with Gasteiger partial charge < -0.3 is 15.7 Å². The predicted molar refractivity (Wildman–Crippen MR) is 105 cm³/mol. The maximum absolute atomic E-state index is 9.51. The van der Waals surface area contributed by atoms with E-state index >= 15 is 0 Å². The van der Waals surface area contributed by atoms with Crippen molar-refractivity contribution < 1.29 is 5.11 Å². The zero-order valence-corrected chi connectivity index (χ0v) is 15.3. The highest BCUT2D eigenvalue weighted by Crippen LogP contribution is 2.29. The number of benzene rings is 1. The quantitative estimate of drug-likeness (QED) is 0.538. The molecule has 0 unspecified atom stereocenters. The third kappa shape index (κ3) is 4.40. The van der Waals surface area contributed by atoms with Gasteiger partial charge in [0.2, 0.25) is 5.95 Å². The minimum Gasteiger partial charge on any atom is -0.508 e. The third-order valence-electron chi connectivity index (χ3n) is 3.86. The predicted octanol–water partition coefficient (Wildman–Crippen LogP) is 4.85. The van der Waals surface area contributed by atoms with Crippen LogP contribution < -0.4 is 10.6 Å². The Kier molecular flexibility index (Phi) is 5.53. The summed E-state index contributed by atoms with van der Waals surface area (Å²) in [5.41, 5.74) is 2.09. The molecule has 134 valence electrons. The van der Waals surface area contributed by atoms with E-state index in [0.717, 1.165) is 12.1 Å². The van der Waals surface area contributed by atoms with Crippen molar-refractivity contribution in [1.82, 2.24) is 15.0 Å². The molecular formula is C19H20ClN5O. The number of nitrogens with one attached hydrogen (secondary N) is 2. The van der Waals surface area contributed by atoms with Crippen molar-refractivity contribution in [2.45, 2.75) is 26.3 Å². The van der Waals surface area contributed by atoms with E-state index in [4.69, 9.17) is 11.6 Å². The molecule has 3 aromatic rings. The summed E-state index contributed by atoms with van der Waals surface area (Å²) in [4.78, 5) is 13.5. The lowest BCUT2D eigenvalue weighted by atomic mass is 10.2. The first kappa shape index (κ1) is 17.9. The maximum atomic E-state index is 9.51. The van der Waals surface area contributed by atoms with E-state index in [1.54, 1.807) is 18.3 Å². The molecule has 0 amide bonds. The minimum atomic E-state index is 0.108. The Morgan fingerprint density at radius 1 is 1.12 bits per heavy atom. The van der Waals surface area contributed by atoms with Gasteiger partial charge in [-0.25, -0.2) is 4.98 Å². The van der Waals surface area contributed by atoms with E-state index in [1.165, 1.54) is 6.07 Å². The van der Waals surface area contributed by atoms with Crippen LogP contribution >= 0.6 is 11.6 Å². The van der Waals surface area contributed by atoms with E-state index in [0.29, 0.717) is 28.2 Å². The Balaban J connectivity index is 1.98. The van der Waals surface area contributed by atoms with Gasteiger partial charge in [0, 0.05) is 24.4 Å². The number of hydrogen-bond donors (Lipinski definition) is 3. The van der Waals surface area contributed by atoms with Crippen LogP contribution in [0.15, 0.2) is 48.7 Å². The number of phenols is 1. The highest BCUT2D eigenvalue weighted by Gasteiger charge is 2.11. The molecule has 3 N–H and O–H groups in total. The smallest absolute Gasteiger partial charge is 0.225 e. The Hall–Kier alpha value is -2.86. The van der Waals surface area contributed by atoms with Crippen LogP contribution in [0.3, 0.4) is 0 Å². The second kappa shape index (κ2) is 8.01. The average Bonchev–Trinajstić information content (AvgIpc) is 2.64. The van der Waals surface area contributed by atoms with E-state index < -0.39 is 0 Å². The summed E-state index contributed by atoms with van der Waals surface area (Å²) in [6.45, 7) is 4.16. The average molecular weight is 370 g/mol. The van der Waals surface area contributed by atoms with Crippen molar-refractivity contribution in [1.29, 1.82) is 0 Å². The van der Waals surface area contributed by atoms with Gasteiger partial charge in [0.1, 0.15) is 11.6 Å². The normalized spacial score (nSPS) is 11.8. The first-order valence-corrected chi connectivity index (χ1v) is 8.75. The van der Waals surface area contributed by atoms with Gasteiger partial charge in [-0.2, -0.15) is 4.98 Å². The molecule has 0 spiro atoms. The molecule has 26 heavy (non-hydrogen) atoms. The van der Waals surface area contributed by atoms with Crippen molar-refractivity contribution in [3.63, 3.8) is 0 Å². The van der Waals surface area contributed by atoms with Crippen molar-refractivity contribution in [2.24, 2.45) is 0 Å². The summed E-state index contributed by atoms with van der Waals surface area (Å²) in [7, 11) is 0. The van der Waals surface area contributed by atoms with E-state index in [1.807, 2.05) is 24.3 Å². The molecule has 7 heteroatoms. The number of rotatable bonds is 6. The number of anilines is 3. The zero-order chi connectivity index (χ0) is 18.5. The minimum absolute atomic E-state index is 0.108. The number of pyridine rings is 1. The summed E-state index contributed by atoms with van der Waals surface area (Å²) < 4.78 is 0. The van der Waals surface area contributed by atoms with Crippen LogP contribution in [0.2, 0.25) is 5.02 Å². The van der Waals surface area contributed by atoms with Crippen LogP contribution in [-0.4, -0.2) is 26.1 Å². The number of hydrogen-bond acceptors (Lipinski definition) is 6. The van der Waals surface area contributed by atoms with Crippen LogP contribution in [0.1, 0.15) is 20.3 Å². The highest BCUT2D eigenvalue weighted by atomic mass is 35.5. The fraction of sp³-hybridized carbons (Fsp3) is 0.211. The molecule has 3 rings (SSSR count). The second-order valence-corrected chi connectivity index (χ2v) is 6.33. The third-order valence-corrected chi connectivity index (χ3v) is 4.17. The summed E-state index contributed by atoms with van der Waals surface area (Å²) >= 11 is 6.19. The lowest BCUT2D eigenvalue weighted by Gasteiger charge is -2.15. The Bertz CT molecular complexity index is 888. The van der Waals surface area contributed by atoms with Gasteiger partial charge in [-0.3, -0.25) is 4.98 Å². The summed E-state index contributed by atoms with van der Waals surface area (Å²) in [5, 5.41) is 16.4. The number of nitrogens with zero attached hydrogens (tertiary/aromatic N) is 3. The lowest BCUT2D eigenvalue weighted by molar-refractivity contribution is 0.475. The number of phenolic OH excluding ortho intramolecular Hbond substituents is 1. The van der Waals surface area contributed by atoms with Crippen molar-refractivity contribution >= 4 is 29.1 Å². The first-order valence-electron chi connectivity index (χ1n) is 8.37. The van der Waals surface area contributed by atoms with Crippen LogP contribution in [0.25, 0.3) is 11.4 Å². The molecule has 0 aliphatic carbocycles. The van der Waals surface area contributed by atoms with Gasteiger partial charge in [-0.15, -0.1) is 0 Å². The Labute approximate surface area is 157 Å². The monoisotopic (exact) mass is 369 g/mol. The van der Waals surface area contributed by atoms with Crippen LogP contribution in [-0.2, 0) is 0 Å². The number of halogens is 1. The van der Waals surface area contributed by atoms with Crippen LogP contribution in [0.5, 0.6) is 5.75 Å². The molecule has 1 aromatic carbocycles. The van der Waals surface area contributed by atoms with Gasteiger partial charge in [-0.1, -0.05) is 24.6 Å². The molecule has 0 aliphatic heterocycles. The molecule has 1 atom stereocenters. The fourth-order valence-electron chi connectivity index (χ4n) is 2.29. The fourth-order valence-corrected chi connectivity index (χ4v) is 2.51. The van der Waals surface area contributed by atoms with E-state index in [2.05, 4.69) is 39.4 Å². The van der Waals surface area contributed by atoms with Crippen LogP contribution in [0, 0.1) is 0 Å². The summed E-state index contributed by atoms with van der Waals surface area (Å²) in [6, 6.07) is 12.5. The molecule has 2 aromatic heterocycles. The second-order valence-electron chi connectivity index (χ2n) is 5.92. The molecule has 0 fully saturated rings. The molecule has 2 heterocycles. The maximum Gasteiger partial charge on any atom is 0.225 e. The largest absolute Gasteiger partial charge is 0.508 e. The highest BCUT2D eigenvalue weighted by molar-refractivity contribution is 6.33. The molecule has 0 aliphatic rings. The molecular weight excluding hydrogens is 350 g/mol. The van der Waals surface area contributed by atoms with Gasteiger partial charge in [-0.05, 0) is 37.6 Å². The molecule has 0 radical (unpaired) electrons. The van der Waals surface area contributed by atoms with E-state index in [-0.39, 0.29) is 11.8 Å². The van der Waals surface area contributed by atoms with Crippen molar-refractivity contribution in [2.75, 3.05) is 10.6 Å². The van der Waals surface area contributed by atoms with Gasteiger partial charge in [0.25, 0.3) is 0 Å². The molecule has 6 nitrogen and oxygen atoms in total. The molecule has 0 saturated heterocycles. The lowest BCUT2D eigenvalue weighted by Crippen LogP contribution is -2.16. The number of aromatic hydroxyl groups is 1. The summed E-state index contributed by atoms with van der Waals surface area (Å²) in [5.74, 6) is 1.20. The molecule has 0 saturated carbocycles. The van der Waals surface area contributed by atoms with Crippen LogP contribution in [0.4, 0.5) is 17.5 Å². The van der Waals surface area contributed by atoms with Gasteiger partial charge in [0.15, 0.2) is 0 Å². The van der Waals surface area contributed by atoms with Gasteiger partial charge >= 0.3 is 0 Å². The topological polar surface area (TPSA) is 83.0 Å². The van der Waals surface area contributed by atoms with Crippen molar-refractivity contribution in [3.05, 3.63) is 53.7 Å². The molecule has 0 bridgehead atoms. The standard InChI is InChI=1S/C19H20ClN5O/c1-3-12(2)22-19-24-17(16-6-4-5-9-21-16)11-18(25-19)23-15-8-7-13(26)10-14(15)20/h4-12,26H,3H2,1-2H3,(H2,22,23,24,25)/t12-/m0/s1. The number of aromatic nitrogens is 3. The Morgan fingerprint density at radius 2 is 1.96 bits per heavy atom.